The second kappa shape index (κ2) is 9.44. The molecule has 2 aromatic rings. The Hall–Kier alpha value is -2.70. The zero-order valence-electron chi connectivity index (χ0n) is 14.4. The topological polar surface area (TPSA) is 83.6 Å². The van der Waals surface area contributed by atoms with Crippen LogP contribution in [-0.2, 0) is 6.54 Å². The van der Waals surface area contributed by atoms with Crippen molar-refractivity contribution >= 4 is 5.96 Å². The molecule has 1 atom stereocenters. The highest BCUT2D eigenvalue weighted by Crippen LogP contribution is 2.26. The third kappa shape index (κ3) is 5.49. The molecule has 1 heterocycles. The van der Waals surface area contributed by atoms with Crippen molar-refractivity contribution in [3.63, 3.8) is 0 Å². The second-order valence-electron chi connectivity index (χ2n) is 5.24. The molecule has 7 nitrogen and oxygen atoms in total. The van der Waals surface area contributed by atoms with Crippen LogP contribution < -0.4 is 20.1 Å². The molecule has 0 fully saturated rings. The minimum absolute atomic E-state index is 0.0442. The number of aromatic amines is 1. The van der Waals surface area contributed by atoms with Gasteiger partial charge in [-0.15, -0.1) is 0 Å². The molecular weight excluding hydrogens is 306 g/mol. The van der Waals surface area contributed by atoms with Crippen LogP contribution in [-0.4, -0.2) is 42.5 Å². The number of H-pyrrole nitrogens is 1. The van der Waals surface area contributed by atoms with E-state index >= 15 is 0 Å². The monoisotopic (exact) mass is 331 g/mol. The quantitative estimate of drug-likeness (QED) is 0.509. The van der Waals surface area contributed by atoms with Crippen LogP contribution in [0.4, 0.5) is 0 Å². The molecule has 1 aromatic heterocycles. The summed E-state index contributed by atoms with van der Waals surface area (Å²) >= 11 is 0. The number of hydrogen-bond acceptors (Lipinski definition) is 4. The van der Waals surface area contributed by atoms with E-state index in [0.717, 1.165) is 29.7 Å². The van der Waals surface area contributed by atoms with Crippen LogP contribution in [0.2, 0.25) is 0 Å². The van der Waals surface area contributed by atoms with E-state index in [2.05, 4.69) is 25.8 Å². The Morgan fingerprint density at radius 3 is 2.71 bits per heavy atom. The fraction of sp³-hybridized carbons (Fsp3) is 0.412. The number of ether oxygens (including phenoxy) is 2. The molecule has 0 saturated carbocycles. The number of methoxy groups -OCH3 is 1. The number of hydrogen-bond donors (Lipinski definition) is 3. The van der Waals surface area contributed by atoms with E-state index in [-0.39, 0.29) is 6.10 Å². The smallest absolute Gasteiger partial charge is 0.191 e. The molecule has 0 amide bonds. The minimum atomic E-state index is -0.0442. The van der Waals surface area contributed by atoms with E-state index < -0.39 is 0 Å². The number of aliphatic imine (C=N–C) groups is 1. The molecule has 0 spiro atoms. The number of nitrogens with zero attached hydrogens (tertiary/aromatic N) is 2. The zero-order chi connectivity index (χ0) is 17.2. The highest BCUT2D eigenvalue weighted by molar-refractivity contribution is 5.79. The van der Waals surface area contributed by atoms with Gasteiger partial charge in [-0.2, -0.15) is 5.10 Å². The van der Waals surface area contributed by atoms with Crippen molar-refractivity contribution < 1.29 is 9.47 Å². The molecule has 24 heavy (non-hydrogen) atoms. The van der Waals surface area contributed by atoms with Crippen LogP contribution in [0.15, 0.2) is 41.5 Å². The molecule has 2 rings (SSSR count). The van der Waals surface area contributed by atoms with Gasteiger partial charge in [-0.05, 0) is 32.0 Å². The van der Waals surface area contributed by atoms with Crippen molar-refractivity contribution in [3.05, 3.63) is 42.2 Å². The lowest BCUT2D eigenvalue weighted by Crippen LogP contribution is -2.41. The van der Waals surface area contributed by atoms with Gasteiger partial charge in [-0.1, -0.05) is 12.1 Å². The standard InChI is InChI=1S/C17H25N5O2/c1-4-18-17(20-12-14-9-10-21-22-14)19-11-13(2)24-16-8-6-5-7-15(16)23-3/h5-10,13H,4,11-12H2,1-3H3,(H,21,22)(H2,18,19,20). The third-order valence-corrected chi connectivity index (χ3v) is 3.26. The van der Waals surface area contributed by atoms with Crippen molar-refractivity contribution in [3.8, 4) is 11.5 Å². The predicted octanol–water partition coefficient (Wildman–Crippen LogP) is 1.94. The maximum absolute atomic E-state index is 5.93. The van der Waals surface area contributed by atoms with Crippen LogP contribution in [0, 0.1) is 0 Å². The van der Waals surface area contributed by atoms with Crippen LogP contribution >= 0.6 is 0 Å². The normalized spacial score (nSPS) is 12.5. The maximum Gasteiger partial charge on any atom is 0.191 e. The lowest BCUT2D eigenvalue weighted by molar-refractivity contribution is 0.213. The van der Waals surface area contributed by atoms with Crippen molar-refractivity contribution in [1.82, 2.24) is 20.8 Å². The fourth-order valence-corrected chi connectivity index (χ4v) is 2.09. The molecular formula is C17H25N5O2. The first-order chi connectivity index (χ1) is 11.7. The third-order valence-electron chi connectivity index (χ3n) is 3.26. The summed E-state index contributed by atoms with van der Waals surface area (Å²) in [6.45, 7) is 5.97. The summed E-state index contributed by atoms with van der Waals surface area (Å²) in [4.78, 5) is 4.51. The van der Waals surface area contributed by atoms with Gasteiger partial charge in [0.15, 0.2) is 17.5 Å². The number of aromatic nitrogens is 2. The Morgan fingerprint density at radius 1 is 1.25 bits per heavy atom. The molecule has 1 aromatic carbocycles. The van der Waals surface area contributed by atoms with Gasteiger partial charge in [-0.3, -0.25) is 5.10 Å². The van der Waals surface area contributed by atoms with E-state index in [4.69, 9.17) is 9.47 Å². The van der Waals surface area contributed by atoms with Gasteiger partial charge < -0.3 is 20.1 Å². The van der Waals surface area contributed by atoms with Gasteiger partial charge in [-0.25, -0.2) is 4.99 Å². The highest BCUT2D eigenvalue weighted by atomic mass is 16.5. The van der Waals surface area contributed by atoms with E-state index in [1.807, 2.05) is 44.2 Å². The first-order valence-corrected chi connectivity index (χ1v) is 8.03. The minimum Gasteiger partial charge on any atom is -0.493 e. The summed E-state index contributed by atoms with van der Waals surface area (Å²) in [6, 6.07) is 9.52. The Bertz CT molecular complexity index is 628. The first kappa shape index (κ1) is 17.7. The molecule has 7 heteroatoms. The molecule has 1 unspecified atom stereocenters. The zero-order valence-corrected chi connectivity index (χ0v) is 14.4. The molecule has 0 saturated heterocycles. The average Bonchev–Trinajstić information content (AvgIpc) is 3.11. The summed E-state index contributed by atoms with van der Waals surface area (Å²) in [5, 5.41) is 13.3. The van der Waals surface area contributed by atoms with E-state index in [9.17, 15) is 0 Å². The van der Waals surface area contributed by atoms with Crippen LogP contribution in [0.3, 0.4) is 0 Å². The van der Waals surface area contributed by atoms with Crippen LogP contribution in [0.25, 0.3) is 0 Å². The van der Waals surface area contributed by atoms with E-state index in [0.29, 0.717) is 13.1 Å². The summed E-state index contributed by atoms with van der Waals surface area (Å²) in [5.74, 6) is 2.19. The average molecular weight is 331 g/mol. The summed E-state index contributed by atoms with van der Waals surface area (Å²) in [6.07, 6.45) is 1.67. The Morgan fingerprint density at radius 2 is 2.04 bits per heavy atom. The van der Waals surface area contributed by atoms with Crippen molar-refractivity contribution in [1.29, 1.82) is 0 Å². The van der Waals surface area contributed by atoms with Crippen molar-refractivity contribution in [2.24, 2.45) is 4.99 Å². The SMILES string of the molecule is CCNC(=NCc1ccn[nH]1)NCC(C)Oc1ccccc1OC. The number of para-hydroxylation sites is 2. The Labute approximate surface area is 142 Å². The van der Waals surface area contributed by atoms with Crippen molar-refractivity contribution in [2.45, 2.75) is 26.5 Å². The van der Waals surface area contributed by atoms with Crippen LogP contribution in [0.1, 0.15) is 19.5 Å². The predicted molar refractivity (Wildman–Crippen MR) is 94.5 cm³/mol. The molecule has 0 radical (unpaired) electrons. The molecule has 0 aliphatic rings. The Kier molecular flexibility index (Phi) is 6.94. The number of rotatable bonds is 8. The number of nitrogens with one attached hydrogen (secondary N) is 3. The summed E-state index contributed by atoms with van der Waals surface area (Å²) in [5.41, 5.74) is 0.963. The van der Waals surface area contributed by atoms with Gasteiger partial charge in [0.1, 0.15) is 6.10 Å². The summed E-state index contributed by atoms with van der Waals surface area (Å²) < 4.78 is 11.2. The molecule has 0 aliphatic carbocycles. The van der Waals surface area contributed by atoms with E-state index in [1.54, 1.807) is 13.3 Å². The second-order valence-corrected chi connectivity index (χ2v) is 5.24. The van der Waals surface area contributed by atoms with Gasteiger partial charge >= 0.3 is 0 Å². The van der Waals surface area contributed by atoms with E-state index in [1.165, 1.54) is 0 Å². The molecule has 0 bridgehead atoms. The number of benzene rings is 1. The largest absolute Gasteiger partial charge is 0.493 e. The fourth-order valence-electron chi connectivity index (χ4n) is 2.09. The molecule has 0 aliphatic heterocycles. The highest BCUT2D eigenvalue weighted by Gasteiger charge is 2.09. The molecule has 3 N–H and O–H groups in total. The van der Waals surface area contributed by atoms with Gasteiger partial charge in [0, 0.05) is 12.7 Å². The molecule has 130 valence electrons. The first-order valence-electron chi connectivity index (χ1n) is 8.03. The maximum atomic E-state index is 5.93. The lowest BCUT2D eigenvalue weighted by atomic mass is 10.3. The van der Waals surface area contributed by atoms with Crippen molar-refractivity contribution in [2.75, 3.05) is 20.2 Å². The van der Waals surface area contributed by atoms with Gasteiger partial charge in [0.2, 0.25) is 0 Å². The van der Waals surface area contributed by atoms with Gasteiger partial charge in [0.05, 0.1) is 25.9 Å². The Balaban J connectivity index is 1.87. The number of guanidine groups is 1. The lowest BCUT2D eigenvalue weighted by Gasteiger charge is -2.19. The van der Waals surface area contributed by atoms with Gasteiger partial charge in [0.25, 0.3) is 0 Å². The van der Waals surface area contributed by atoms with Crippen LogP contribution in [0.5, 0.6) is 11.5 Å². The summed E-state index contributed by atoms with van der Waals surface area (Å²) in [7, 11) is 1.64.